The summed E-state index contributed by atoms with van der Waals surface area (Å²) < 4.78 is 1.73. The van der Waals surface area contributed by atoms with Crippen LogP contribution in [0.5, 0.6) is 0 Å². The number of hydrogen-bond donors (Lipinski definition) is 0. The predicted molar refractivity (Wildman–Crippen MR) is 122 cm³/mol. The third kappa shape index (κ3) is 3.85. The highest BCUT2D eigenvalue weighted by Gasteiger charge is 2.31. The average Bonchev–Trinajstić information content (AvgIpc) is 3.09. The van der Waals surface area contributed by atoms with Crippen LogP contribution in [-0.2, 0) is 4.79 Å². The molecule has 0 bridgehead atoms. The summed E-state index contributed by atoms with van der Waals surface area (Å²) in [5, 5.41) is 4.52. The number of para-hydroxylation sites is 1. The minimum absolute atomic E-state index is 0.408. The molecule has 160 valence electrons. The molecule has 4 rings (SSSR count). The van der Waals surface area contributed by atoms with E-state index in [2.05, 4.69) is 42.0 Å². The smallest absolute Gasteiger partial charge is 0.295 e. The first-order valence-electron chi connectivity index (χ1n) is 10.6. The van der Waals surface area contributed by atoms with Gasteiger partial charge in [0.25, 0.3) is 11.7 Å². The van der Waals surface area contributed by atoms with Crippen molar-refractivity contribution in [2.45, 2.75) is 27.7 Å². The summed E-state index contributed by atoms with van der Waals surface area (Å²) in [5.41, 5.74) is 6.27. The largest absolute Gasteiger partial charge is 0.368 e. The molecule has 0 aliphatic carbocycles. The summed E-state index contributed by atoms with van der Waals surface area (Å²) in [7, 11) is 0. The summed E-state index contributed by atoms with van der Waals surface area (Å²) >= 11 is 0. The first-order valence-corrected chi connectivity index (χ1v) is 10.6. The number of rotatable bonds is 4. The van der Waals surface area contributed by atoms with Crippen LogP contribution in [0.15, 0.2) is 48.5 Å². The van der Waals surface area contributed by atoms with Gasteiger partial charge in [0.05, 0.1) is 22.6 Å². The number of ketones is 1. The molecule has 1 fully saturated rings. The highest BCUT2D eigenvalue weighted by molar-refractivity contribution is 6.43. The summed E-state index contributed by atoms with van der Waals surface area (Å²) in [6, 6.07) is 15.9. The number of carbonyl (C=O) groups is 2. The zero-order chi connectivity index (χ0) is 22.1. The summed E-state index contributed by atoms with van der Waals surface area (Å²) in [4.78, 5) is 30.1. The molecule has 1 aliphatic rings. The van der Waals surface area contributed by atoms with Gasteiger partial charge in [-0.3, -0.25) is 9.59 Å². The number of hydrogen-bond acceptors (Lipinski definition) is 4. The Kier molecular flexibility index (Phi) is 5.63. The molecule has 0 unspecified atom stereocenters. The number of aryl methyl sites for hydroxylation is 2. The quantitative estimate of drug-likeness (QED) is 0.481. The molecule has 3 aromatic rings. The van der Waals surface area contributed by atoms with Gasteiger partial charge in [0.2, 0.25) is 0 Å². The molecular formula is C25H28N4O2. The Balaban J connectivity index is 1.49. The third-order valence-corrected chi connectivity index (χ3v) is 6.20. The van der Waals surface area contributed by atoms with E-state index in [4.69, 9.17) is 0 Å². The molecule has 0 N–H and O–H groups in total. The van der Waals surface area contributed by atoms with Gasteiger partial charge >= 0.3 is 0 Å². The van der Waals surface area contributed by atoms with Crippen molar-refractivity contribution >= 4 is 17.4 Å². The Morgan fingerprint density at radius 1 is 0.839 bits per heavy atom. The maximum Gasteiger partial charge on any atom is 0.295 e. The van der Waals surface area contributed by atoms with E-state index in [-0.39, 0.29) is 0 Å². The molecule has 6 heteroatoms. The van der Waals surface area contributed by atoms with E-state index >= 15 is 0 Å². The second-order valence-electron chi connectivity index (χ2n) is 8.12. The van der Waals surface area contributed by atoms with Crippen molar-refractivity contribution in [3.63, 3.8) is 0 Å². The first-order chi connectivity index (χ1) is 14.9. The second kappa shape index (κ2) is 8.38. The van der Waals surface area contributed by atoms with E-state index in [1.54, 1.807) is 16.5 Å². The van der Waals surface area contributed by atoms with Gasteiger partial charge in [0, 0.05) is 31.9 Å². The van der Waals surface area contributed by atoms with Crippen molar-refractivity contribution in [3.8, 4) is 5.69 Å². The molecule has 1 saturated heterocycles. The van der Waals surface area contributed by atoms with Crippen LogP contribution in [0, 0.1) is 27.7 Å². The Bertz CT molecular complexity index is 1130. The molecule has 1 aromatic heterocycles. The highest BCUT2D eigenvalue weighted by atomic mass is 16.2. The van der Waals surface area contributed by atoms with Crippen molar-refractivity contribution in [1.82, 2.24) is 14.7 Å². The Morgan fingerprint density at radius 2 is 1.52 bits per heavy atom. The molecule has 0 saturated carbocycles. The SMILES string of the molecule is Cc1cccc(N2CCN(C(=O)C(=O)c3c(C)nn(-c4ccccc4)c3C)CC2)c1C. The molecule has 0 atom stereocenters. The fourth-order valence-electron chi connectivity index (χ4n) is 4.27. The molecule has 0 radical (unpaired) electrons. The Labute approximate surface area is 183 Å². The van der Waals surface area contributed by atoms with Crippen LogP contribution >= 0.6 is 0 Å². The number of benzene rings is 2. The zero-order valence-corrected chi connectivity index (χ0v) is 18.6. The number of nitrogens with zero attached hydrogens (tertiary/aromatic N) is 4. The van der Waals surface area contributed by atoms with E-state index in [1.807, 2.05) is 37.3 Å². The van der Waals surface area contributed by atoms with Gasteiger partial charge in [-0.05, 0) is 57.0 Å². The lowest BCUT2D eigenvalue weighted by Gasteiger charge is -2.36. The van der Waals surface area contributed by atoms with Gasteiger partial charge in [0.1, 0.15) is 0 Å². The monoisotopic (exact) mass is 416 g/mol. The number of aromatic nitrogens is 2. The normalized spacial score (nSPS) is 14.1. The molecule has 1 amide bonds. The predicted octanol–water partition coefficient (Wildman–Crippen LogP) is 3.64. The van der Waals surface area contributed by atoms with Crippen molar-refractivity contribution < 1.29 is 9.59 Å². The van der Waals surface area contributed by atoms with Crippen molar-refractivity contribution in [1.29, 1.82) is 0 Å². The summed E-state index contributed by atoms with van der Waals surface area (Å²) in [6.07, 6.45) is 0. The van der Waals surface area contributed by atoms with Gasteiger partial charge in [-0.2, -0.15) is 5.10 Å². The van der Waals surface area contributed by atoms with Gasteiger partial charge < -0.3 is 9.80 Å². The fourth-order valence-corrected chi connectivity index (χ4v) is 4.27. The minimum atomic E-state index is -0.475. The maximum absolute atomic E-state index is 13.1. The van der Waals surface area contributed by atoms with Gasteiger partial charge in [-0.15, -0.1) is 0 Å². The summed E-state index contributed by atoms with van der Waals surface area (Å²) in [6.45, 7) is 10.3. The maximum atomic E-state index is 13.1. The lowest BCUT2D eigenvalue weighted by molar-refractivity contribution is -0.126. The molecule has 1 aliphatic heterocycles. The molecule has 2 heterocycles. The highest BCUT2D eigenvalue weighted by Crippen LogP contribution is 2.24. The molecular weight excluding hydrogens is 388 g/mol. The van der Waals surface area contributed by atoms with E-state index in [1.165, 1.54) is 16.8 Å². The standard InChI is InChI=1S/C25H28N4O2/c1-17-9-8-12-22(18(17)2)27-13-15-28(16-14-27)25(31)24(30)23-19(3)26-29(20(23)4)21-10-6-5-7-11-21/h5-12H,13-16H2,1-4H3. The third-order valence-electron chi connectivity index (χ3n) is 6.20. The van der Waals surface area contributed by atoms with Crippen molar-refractivity contribution in [2.24, 2.45) is 0 Å². The van der Waals surface area contributed by atoms with Crippen LogP contribution in [-0.4, -0.2) is 52.5 Å². The molecule has 31 heavy (non-hydrogen) atoms. The topological polar surface area (TPSA) is 58.4 Å². The number of carbonyl (C=O) groups excluding carboxylic acids is 2. The first kappa shape index (κ1) is 20.8. The van der Waals surface area contributed by atoms with Crippen LogP contribution in [0.25, 0.3) is 5.69 Å². The number of Topliss-reactive ketones (excluding diaryl/α,β-unsaturated/α-hetero) is 1. The van der Waals surface area contributed by atoms with E-state index in [0.717, 1.165) is 5.69 Å². The molecule has 2 aromatic carbocycles. The number of anilines is 1. The van der Waals surface area contributed by atoms with Crippen molar-refractivity contribution in [2.75, 3.05) is 31.1 Å². The Morgan fingerprint density at radius 3 is 2.19 bits per heavy atom. The minimum Gasteiger partial charge on any atom is -0.368 e. The van der Waals surface area contributed by atoms with Crippen molar-refractivity contribution in [3.05, 3.63) is 76.6 Å². The van der Waals surface area contributed by atoms with E-state index in [0.29, 0.717) is 43.1 Å². The van der Waals surface area contributed by atoms with Crippen LogP contribution in [0.2, 0.25) is 0 Å². The van der Waals surface area contributed by atoms with Crippen LogP contribution < -0.4 is 4.90 Å². The van der Waals surface area contributed by atoms with Crippen LogP contribution in [0.4, 0.5) is 5.69 Å². The lowest BCUT2D eigenvalue weighted by atomic mass is 10.1. The number of piperazine rings is 1. The average molecular weight is 417 g/mol. The van der Waals surface area contributed by atoms with Gasteiger partial charge in [-0.25, -0.2) is 4.68 Å². The Hall–Kier alpha value is -3.41. The lowest BCUT2D eigenvalue weighted by Crippen LogP contribution is -2.51. The fraction of sp³-hybridized carbons (Fsp3) is 0.320. The van der Waals surface area contributed by atoms with Crippen LogP contribution in [0.1, 0.15) is 32.9 Å². The van der Waals surface area contributed by atoms with E-state index in [9.17, 15) is 9.59 Å². The molecule has 6 nitrogen and oxygen atoms in total. The number of amides is 1. The van der Waals surface area contributed by atoms with Crippen LogP contribution in [0.3, 0.4) is 0 Å². The van der Waals surface area contributed by atoms with Gasteiger partial charge in [-0.1, -0.05) is 30.3 Å². The molecule has 0 spiro atoms. The van der Waals surface area contributed by atoms with E-state index < -0.39 is 11.7 Å². The summed E-state index contributed by atoms with van der Waals surface area (Å²) in [5.74, 6) is -0.920. The zero-order valence-electron chi connectivity index (χ0n) is 18.6. The van der Waals surface area contributed by atoms with Gasteiger partial charge in [0.15, 0.2) is 0 Å². The second-order valence-corrected chi connectivity index (χ2v) is 8.12.